The first-order valence-electron chi connectivity index (χ1n) is 5.76. The number of esters is 1. The quantitative estimate of drug-likeness (QED) is 0.595. The number of benzene rings is 1. The van der Waals surface area contributed by atoms with Gasteiger partial charge in [0, 0.05) is 5.56 Å². The van der Waals surface area contributed by atoms with Crippen LogP contribution in [0, 0.1) is 5.82 Å². The van der Waals surface area contributed by atoms with E-state index in [0.29, 0.717) is 6.29 Å². The third kappa shape index (κ3) is 3.84. The van der Waals surface area contributed by atoms with Gasteiger partial charge in [-0.15, -0.1) is 0 Å². The monoisotopic (exact) mass is 270 g/mol. The van der Waals surface area contributed by atoms with Gasteiger partial charge in [-0.25, -0.2) is 4.39 Å². The summed E-state index contributed by atoms with van der Waals surface area (Å²) in [5.74, 6) is -1.60. The van der Waals surface area contributed by atoms with Crippen molar-refractivity contribution in [3.05, 3.63) is 35.1 Å². The molecule has 0 aliphatic heterocycles. The molecule has 0 aliphatic carbocycles. The van der Waals surface area contributed by atoms with Gasteiger partial charge in [-0.2, -0.15) is 0 Å². The van der Waals surface area contributed by atoms with Gasteiger partial charge in [0.2, 0.25) is 0 Å². The molecule has 1 aromatic carbocycles. The van der Waals surface area contributed by atoms with Crippen LogP contribution in [-0.4, -0.2) is 35.2 Å². The number of aliphatic hydroxyl groups is 2. The van der Waals surface area contributed by atoms with Gasteiger partial charge in [-0.1, -0.05) is 12.1 Å². The zero-order valence-corrected chi connectivity index (χ0v) is 10.4. The zero-order chi connectivity index (χ0) is 14.4. The molecule has 0 heterocycles. The molecule has 0 aromatic heterocycles. The number of halogens is 1. The average Bonchev–Trinajstić information content (AvgIpc) is 2.38. The largest absolute Gasteiger partial charge is 0.466 e. The van der Waals surface area contributed by atoms with Crippen LogP contribution in [-0.2, 0) is 9.53 Å². The number of ether oxygens (including phenoxy) is 1. The summed E-state index contributed by atoms with van der Waals surface area (Å²) in [6.07, 6.45) is -3.26. The lowest BCUT2D eigenvalue weighted by Gasteiger charge is -2.18. The molecule has 2 atom stereocenters. The van der Waals surface area contributed by atoms with Gasteiger partial charge in [0.15, 0.2) is 6.29 Å². The lowest BCUT2D eigenvalue weighted by Crippen LogP contribution is -2.24. The van der Waals surface area contributed by atoms with Crippen LogP contribution in [0.4, 0.5) is 4.39 Å². The van der Waals surface area contributed by atoms with Crippen LogP contribution in [0.3, 0.4) is 0 Å². The van der Waals surface area contributed by atoms with Crippen molar-refractivity contribution in [1.82, 2.24) is 0 Å². The van der Waals surface area contributed by atoms with Gasteiger partial charge < -0.3 is 14.9 Å². The Kier molecular flexibility index (Phi) is 5.59. The van der Waals surface area contributed by atoms with E-state index in [4.69, 9.17) is 0 Å². The van der Waals surface area contributed by atoms with E-state index in [1.54, 1.807) is 6.92 Å². The topological polar surface area (TPSA) is 83.8 Å². The van der Waals surface area contributed by atoms with Crippen molar-refractivity contribution in [2.45, 2.75) is 25.6 Å². The number of hydrogen-bond donors (Lipinski definition) is 2. The normalized spacial score (nSPS) is 13.7. The fraction of sp³-hybridized carbons (Fsp3) is 0.385. The molecule has 1 aromatic rings. The number of rotatable bonds is 6. The molecule has 19 heavy (non-hydrogen) atoms. The van der Waals surface area contributed by atoms with Crippen molar-refractivity contribution in [2.75, 3.05) is 6.61 Å². The van der Waals surface area contributed by atoms with Crippen molar-refractivity contribution in [2.24, 2.45) is 0 Å². The molecule has 0 saturated heterocycles. The molecule has 1 rings (SSSR count). The zero-order valence-electron chi connectivity index (χ0n) is 10.4. The maximum absolute atomic E-state index is 13.8. The summed E-state index contributed by atoms with van der Waals surface area (Å²) in [6, 6.07) is 3.86. The lowest BCUT2D eigenvalue weighted by atomic mass is 9.99. The molecule has 0 radical (unpaired) electrons. The highest BCUT2D eigenvalue weighted by Gasteiger charge is 2.25. The number of carbonyl (C=O) groups excluding carboxylic acids is 2. The van der Waals surface area contributed by atoms with E-state index in [0.717, 1.165) is 0 Å². The molecule has 0 amide bonds. The first kappa shape index (κ1) is 15.3. The van der Waals surface area contributed by atoms with E-state index in [9.17, 15) is 24.2 Å². The Bertz CT molecular complexity index is 460. The molecule has 6 heteroatoms. The Morgan fingerprint density at radius 2 is 2.16 bits per heavy atom. The SMILES string of the molecule is CCOC(=O)CC(O)C(O)c1cccc(C=O)c1F. The predicted molar refractivity (Wildman–Crippen MR) is 64.0 cm³/mol. The Morgan fingerprint density at radius 1 is 1.47 bits per heavy atom. The van der Waals surface area contributed by atoms with Crippen molar-refractivity contribution in [1.29, 1.82) is 0 Å². The van der Waals surface area contributed by atoms with Gasteiger partial charge in [-0.3, -0.25) is 9.59 Å². The standard InChI is InChI=1S/C13H15FO5/c1-2-19-11(17)6-10(16)13(18)9-5-3-4-8(7-15)12(9)14/h3-5,7,10,13,16,18H,2,6H2,1H3. The second kappa shape index (κ2) is 6.96. The van der Waals surface area contributed by atoms with Gasteiger partial charge >= 0.3 is 5.97 Å². The predicted octanol–water partition coefficient (Wildman–Crippen LogP) is 0.986. The van der Waals surface area contributed by atoms with Gasteiger partial charge in [0.05, 0.1) is 24.7 Å². The second-order valence-electron chi connectivity index (χ2n) is 3.89. The summed E-state index contributed by atoms with van der Waals surface area (Å²) in [5.41, 5.74) is -0.457. The van der Waals surface area contributed by atoms with Crippen LogP contribution in [0.2, 0.25) is 0 Å². The smallest absolute Gasteiger partial charge is 0.308 e. The number of aliphatic hydroxyl groups excluding tert-OH is 2. The molecule has 2 N–H and O–H groups in total. The summed E-state index contributed by atoms with van der Waals surface area (Å²) in [5, 5.41) is 19.4. The van der Waals surface area contributed by atoms with E-state index in [-0.39, 0.29) is 17.7 Å². The molecular weight excluding hydrogens is 255 g/mol. The minimum absolute atomic E-state index is 0.149. The Morgan fingerprint density at radius 3 is 2.74 bits per heavy atom. The van der Waals surface area contributed by atoms with Crippen molar-refractivity contribution in [3.63, 3.8) is 0 Å². The fourth-order valence-corrected chi connectivity index (χ4v) is 1.60. The summed E-state index contributed by atoms with van der Waals surface area (Å²) in [7, 11) is 0. The fourth-order valence-electron chi connectivity index (χ4n) is 1.60. The molecule has 2 unspecified atom stereocenters. The number of carbonyl (C=O) groups is 2. The molecule has 0 saturated carbocycles. The maximum Gasteiger partial charge on any atom is 0.308 e. The highest BCUT2D eigenvalue weighted by atomic mass is 19.1. The minimum atomic E-state index is -1.61. The van der Waals surface area contributed by atoms with Crippen LogP contribution in [0.15, 0.2) is 18.2 Å². The lowest BCUT2D eigenvalue weighted by molar-refractivity contribution is -0.147. The summed E-state index contributed by atoms with van der Waals surface area (Å²) in [6.45, 7) is 1.75. The third-order valence-electron chi connectivity index (χ3n) is 2.55. The first-order chi connectivity index (χ1) is 9.01. The summed E-state index contributed by atoms with van der Waals surface area (Å²) in [4.78, 5) is 21.7. The minimum Gasteiger partial charge on any atom is -0.466 e. The van der Waals surface area contributed by atoms with Gasteiger partial charge in [-0.05, 0) is 13.0 Å². The molecule has 0 bridgehead atoms. The van der Waals surface area contributed by atoms with Crippen LogP contribution in [0.1, 0.15) is 35.4 Å². The van der Waals surface area contributed by atoms with Crippen LogP contribution < -0.4 is 0 Å². The van der Waals surface area contributed by atoms with E-state index in [1.807, 2.05) is 0 Å². The van der Waals surface area contributed by atoms with Gasteiger partial charge in [0.1, 0.15) is 11.9 Å². The third-order valence-corrected chi connectivity index (χ3v) is 2.55. The van der Waals surface area contributed by atoms with Crippen LogP contribution >= 0.6 is 0 Å². The van der Waals surface area contributed by atoms with Crippen LogP contribution in [0.5, 0.6) is 0 Å². The number of hydrogen-bond acceptors (Lipinski definition) is 5. The van der Waals surface area contributed by atoms with E-state index in [2.05, 4.69) is 4.74 Å². The van der Waals surface area contributed by atoms with E-state index >= 15 is 0 Å². The molecule has 5 nitrogen and oxygen atoms in total. The van der Waals surface area contributed by atoms with Crippen molar-refractivity contribution >= 4 is 12.3 Å². The Balaban J connectivity index is 2.85. The first-order valence-corrected chi connectivity index (χ1v) is 5.76. The Hall–Kier alpha value is -1.79. The summed E-state index contributed by atoms with van der Waals surface area (Å²) >= 11 is 0. The number of aldehydes is 1. The van der Waals surface area contributed by atoms with Crippen molar-refractivity contribution in [3.8, 4) is 0 Å². The summed E-state index contributed by atoms with van der Waals surface area (Å²) < 4.78 is 18.4. The molecular formula is C13H15FO5. The average molecular weight is 270 g/mol. The highest BCUT2D eigenvalue weighted by molar-refractivity contribution is 5.75. The van der Waals surface area contributed by atoms with E-state index in [1.165, 1.54) is 18.2 Å². The van der Waals surface area contributed by atoms with Gasteiger partial charge in [0.25, 0.3) is 0 Å². The molecule has 0 fully saturated rings. The molecule has 104 valence electrons. The second-order valence-corrected chi connectivity index (χ2v) is 3.89. The van der Waals surface area contributed by atoms with Crippen LogP contribution in [0.25, 0.3) is 0 Å². The van der Waals surface area contributed by atoms with Crippen molar-refractivity contribution < 1.29 is 28.9 Å². The molecule has 0 spiro atoms. The Labute approximate surface area is 109 Å². The molecule has 0 aliphatic rings. The van der Waals surface area contributed by atoms with E-state index < -0.39 is 30.4 Å². The maximum atomic E-state index is 13.8. The highest BCUT2D eigenvalue weighted by Crippen LogP contribution is 2.23.